The second-order valence-electron chi connectivity index (χ2n) is 4.72. The summed E-state index contributed by atoms with van der Waals surface area (Å²) in [6.07, 6.45) is 1.67. The van der Waals surface area contributed by atoms with E-state index in [1.807, 2.05) is 30.3 Å². The maximum atomic E-state index is 12.6. The summed E-state index contributed by atoms with van der Waals surface area (Å²) in [5.74, 6) is 0.712. The van der Waals surface area contributed by atoms with Crippen molar-refractivity contribution in [3.05, 3.63) is 58.1 Å². The molecule has 0 N–H and O–H groups in total. The summed E-state index contributed by atoms with van der Waals surface area (Å²) in [7, 11) is 3.33. The maximum absolute atomic E-state index is 12.6. The van der Waals surface area contributed by atoms with Gasteiger partial charge in [-0.2, -0.15) is 0 Å². The highest BCUT2D eigenvalue weighted by Crippen LogP contribution is 2.24. The Morgan fingerprint density at radius 3 is 2.81 bits per heavy atom. The van der Waals surface area contributed by atoms with E-state index in [1.54, 1.807) is 31.0 Å². The minimum absolute atomic E-state index is 0.0852. The highest BCUT2D eigenvalue weighted by molar-refractivity contribution is 6.30. The molecule has 0 atom stereocenters. The summed E-state index contributed by atoms with van der Waals surface area (Å²) in [5.41, 5.74) is 2.09. The van der Waals surface area contributed by atoms with Crippen LogP contribution in [0.15, 0.2) is 47.4 Å². The first-order chi connectivity index (χ1) is 10.1. The molecule has 4 nitrogen and oxygen atoms in total. The molecule has 3 rings (SSSR count). The number of aryl methyl sites for hydroxylation is 1. The molecule has 2 heterocycles. The average molecular weight is 301 g/mol. The van der Waals surface area contributed by atoms with Crippen molar-refractivity contribution in [2.45, 2.75) is 0 Å². The monoisotopic (exact) mass is 300 g/mol. The van der Waals surface area contributed by atoms with E-state index in [0.29, 0.717) is 16.5 Å². The van der Waals surface area contributed by atoms with Gasteiger partial charge in [0.25, 0.3) is 5.56 Å². The molecule has 5 heteroatoms. The molecule has 0 spiro atoms. The predicted molar refractivity (Wildman–Crippen MR) is 84.0 cm³/mol. The number of halogens is 1. The van der Waals surface area contributed by atoms with E-state index in [9.17, 15) is 4.79 Å². The number of benzene rings is 1. The third kappa shape index (κ3) is 2.38. The number of methoxy groups -OCH3 is 1. The van der Waals surface area contributed by atoms with Crippen molar-refractivity contribution in [3.8, 4) is 16.9 Å². The van der Waals surface area contributed by atoms with Gasteiger partial charge in [0.2, 0.25) is 0 Å². The van der Waals surface area contributed by atoms with E-state index in [-0.39, 0.29) is 5.56 Å². The average Bonchev–Trinajstić information content (AvgIpc) is 2.51. The van der Waals surface area contributed by atoms with Crippen molar-refractivity contribution in [3.63, 3.8) is 0 Å². The number of rotatable bonds is 2. The first-order valence-corrected chi connectivity index (χ1v) is 6.77. The third-order valence-electron chi connectivity index (χ3n) is 3.46. The van der Waals surface area contributed by atoms with Crippen LogP contribution in [0.3, 0.4) is 0 Å². The molecule has 0 unspecified atom stereocenters. The standard InChI is InChI=1S/C16H13ClN2O2/c1-19-14-8-15(17)18-9-11(14)7-13(16(19)20)10-4-3-5-12(6-10)21-2/h3-9H,1-2H3. The van der Waals surface area contributed by atoms with Gasteiger partial charge in [0.05, 0.1) is 12.6 Å². The van der Waals surface area contributed by atoms with E-state index in [4.69, 9.17) is 16.3 Å². The fraction of sp³-hybridized carbons (Fsp3) is 0.125. The molecule has 0 bridgehead atoms. The third-order valence-corrected chi connectivity index (χ3v) is 3.66. The van der Waals surface area contributed by atoms with Crippen LogP contribution in [0, 0.1) is 0 Å². The topological polar surface area (TPSA) is 44.1 Å². The number of ether oxygens (including phenoxy) is 1. The van der Waals surface area contributed by atoms with Crippen LogP contribution in [0.2, 0.25) is 5.15 Å². The summed E-state index contributed by atoms with van der Waals surface area (Å²) in [5, 5.41) is 1.23. The number of hydrogen-bond acceptors (Lipinski definition) is 3. The Balaban J connectivity index is 2.30. The van der Waals surface area contributed by atoms with Gasteiger partial charge in [-0.3, -0.25) is 4.79 Å². The number of pyridine rings is 2. The highest BCUT2D eigenvalue weighted by atomic mass is 35.5. The van der Waals surface area contributed by atoms with Crippen LogP contribution in [0.4, 0.5) is 0 Å². The molecular weight excluding hydrogens is 288 g/mol. The van der Waals surface area contributed by atoms with Gasteiger partial charge in [-0.15, -0.1) is 0 Å². The molecule has 0 saturated heterocycles. The zero-order valence-corrected chi connectivity index (χ0v) is 12.4. The number of aromatic nitrogens is 2. The predicted octanol–water partition coefficient (Wildman–Crippen LogP) is 3.26. The van der Waals surface area contributed by atoms with Gasteiger partial charge in [0.15, 0.2) is 0 Å². The SMILES string of the molecule is COc1cccc(-c2cc3cnc(Cl)cc3n(C)c2=O)c1. The summed E-state index contributed by atoms with van der Waals surface area (Å²) in [6.45, 7) is 0. The molecule has 0 aliphatic rings. The molecule has 0 aliphatic heterocycles. The van der Waals surface area contributed by atoms with Crippen LogP contribution in [0.1, 0.15) is 0 Å². The number of hydrogen-bond donors (Lipinski definition) is 0. The zero-order valence-electron chi connectivity index (χ0n) is 11.6. The zero-order chi connectivity index (χ0) is 15.0. The molecule has 1 aromatic carbocycles. The van der Waals surface area contributed by atoms with Crippen LogP contribution >= 0.6 is 11.6 Å². The Hall–Kier alpha value is -2.33. The van der Waals surface area contributed by atoms with Crippen molar-refractivity contribution in [1.29, 1.82) is 0 Å². The van der Waals surface area contributed by atoms with Crippen LogP contribution < -0.4 is 10.3 Å². The lowest BCUT2D eigenvalue weighted by Gasteiger charge is -2.10. The van der Waals surface area contributed by atoms with Gasteiger partial charge in [-0.25, -0.2) is 4.98 Å². The lowest BCUT2D eigenvalue weighted by Crippen LogP contribution is -2.19. The van der Waals surface area contributed by atoms with Gasteiger partial charge < -0.3 is 9.30 Å². The molecule has 106 valence electrons. The first kappa shape index (κ1) is 13.6. The van der Waals surface area contributed by atoms with E-state index in [2.05, 4.69) is 4.98 Å². The van der Waals surface area contributed by atoms with Gasteiger partial charge in [-0.05, 0) is 29.8 Å². The largest absolute Gasteiger partial charge is 0.497 e. The Labute approximate surface area is 126 Å². The summed E-state index contributed by atoms with van der Waals surface area (Å²) in [4.78, 5) is 16.6. The van der Waals surface area contributed by atoms with Gasteiger partial charge in [0, 0.05) is 24.2 Å². The van der Waals surface area contributed by atoms with E-state index < -0.39 is 0 Å². The quantitative estimate of drug-likeness (QED) is 0.682. The Bertz CT molecular complexity index is 887. The van der Waals surface area contributed by atoms with Crippen molar-refractivity contribution >= 4 is 22.5 Å². The van der Waals surface area contributed by atoms with Gasteiger partial charge in [0.1, 0.15) is 10.9 Å². The molecule has 0 saturated carbocycles. The van der Waals surface area contributed by atoms with Crippen LogP contribution in [-0.4, -0.2) is 16.7 Å². The molecular formula is C16H13ClN2O2. The second kappa shape index (κ2) is 5.22. The summed E-state index contributed by atoms with van der Waals surface area (Å²) < 4.78 is 6.79. The maximum Gasteiger partial charge on any atom is 0.258 e. The molecule has 21 heavy (non-hydrogen) atoms. The normalized spacial score (nSPS) is 10.8. The Kier molecular flexibility index (Phi) is 3.39. The van der Waals surface area contributed by atoms with Crippen LogP contribution in [0.25, 0.3) is 22.0 Å². The Morgan fingerprint density at radius 1 is 1.24 bits per heavy atom. The minimum Gasteiger partial charge on any atom is -0.497 e. The summed E-state index contributed by atoms with van der Waals surface area (Å²) >= 11 is 5.90. The molecule has 0 amide bonds. The lowest BCUT2D eigenvalue weighted by atomic mass is 10.1. The molecule has 0 radical (unpaired) electrons. The smallest absolute Gasteiger partial charge is 0.258 e. The first-order valence-electron chi connectivity index (χ1n) is 6.40. The lowest BCUT2D eigenvalue weighted by molar-refractivity contribution is 0.415. The minimum atomic E-state index is -0.0852. The molecule has 0 aliphatic carbocycles. The van der Waals surface area contributed by atoms with Crippen LogP contribution in [0.5, 0.6) is 5.75 Å². The second-order valence-corrected chi connectivity index (χ2v) is 5.11. The van der Waals surface area contributed by atoms with Crippen molar-refractivity contribution in [2.75, 3.05) is 7.11 Å². The fourth-order valence-electron chi connectivity index (χ4n) is 2.34. The molecule has 0 fully saturated rings. The fourth-order valence-corrected chi connectivity index (χ4v) is 2.49. The highest BCUT2D eigenvalue weighted by Gasteiger charge is 2.10. The van der Waals surface area contributed by atoms with Crippen molar-refractivity contribution in [2.24, 2.45) is 7.05 Å². The van der Waals surface area contributed by atoms with Gasteiger partial charge >= 0.3 is 0 Å². The molecule has 3 aromatic rings. The number of nitrogens with zero attached hydrogens (tertiary/aromatic N) is 2. The van der Waals surface area contributed by atoms with Gasteiger partial charge in [-0.1, -0.05) is 23.7 Å². The molecule has 2 aromatic heterocycles. The number of fused-ring (bicyclic) bond motifs is 1. The van der Waals surface area contributed by atoms with E-state index >= 15 is 0 Å². The Morgan fingerprint density at radius 2 is 2.05 bits per heavy atom. The van der Waals surface area contributed by atoms with Crippen molar-refractivity contribution < 1.29 is 4.74 Å². The van der Waals surface area contributed by atoms with E-state index in [1.165, 1.54) is 0 Å². The van der Waals surface area contributed by atoms with Crippen molar-refractivity contribution in [1.82, 2.24) is 9.55 Å². The van der Waals surface area contributed by atoms with Crippen LogP contribution in [-0.2, 0) is 7.05 Å². The summed E-state index contributed by atoms with van der Waals surface area (Å²) in [6, 6.07) is 10.9. The van der Waals surface area contributed by atoms with E-state index in [0.717, 1.165) is 16.5 Å².